The van der Waals surface area contributed by atoms with E-state index in [2.05, 4.69) is 20.2 Å². The zero-order valence-electron chi connectivity index (χ0n) is 19.8. The Hall–Kier alpha value is -4.01. The SMILES string of the molecule is N#Cc1c(-c2ccc(Cl)cc2Cl)nc(SCc2ccc(-c3nn4c(-c5ccccc5)nnc4s3)cc2)[nH]c1=O. The second kappa shape index (κ2) is 10.6. The molecule has 0 saturated carbocycles. The predicted molar refractivity (Wildman–Crippen MR) is 154 cm³/mol. The lowest BCUT2D eigenvalue weighted by Crippen LogP contribution is -2.14. The van der Waals surface area contributed by atoms with Gasteiger partial charge in [-0.1, -0.05) is 101 Å². The van der Waals surface area contributed by atoms with Crippen molar-refractivity contribution in [2.75, 3.05) is 0 Å². The third kappa shape index (κ3) is 5.05. The van der Waals surface area contributed by atoms with Crippen LogP contribution in [0.4, 0.5) is 0 Å². The van der Waals surface area contributed by atoms with Crippen LogP contribution in [-0.4, -0.2) is 29.8 Å². The second-order valence-electron chi connectivity index (χ2n) is 8.31. The molecule has 0 bridgehead atoms. The smallest absolute Gasteiger partial charge is 0.270 e. The van der Waals surface area contributed by atoms with E-state index < -0.39 is 5.56 Å². The van der Waals surface area contributed by atoms with E-state index in [9.17, 15) is 10.1 Å². The first kappa shape index (κ1) is 25.3. The zero-order chi connectivity index (χ0) is 26.9. The van der Waals surface area contributed by atoms with Crippen LogP contribution in [-0.2, 0) is 5.75 Å². The van der Waals surface area contributed by atoms with Crippen molar-refractivity contribution in [3.05, 3.63) is 104 Å². The van der Waals surface area contributed by atoms with Crippen molar-refractivity contribution in [1.29, 1.82) is 5.26 Å². The summed E-state index contributed by atoms with van der Waals surface area (Å²) >= 11 is 15.1. The van der Waals surface area contributed by atoms with Gasteiger partial charge in [-0.2, -0.15) is 14.9 Å². The fourth-order valence-electron chi connectivity index (χ4n) is 3.90. The molecule has 6 rings (SSSR count). The van der Waals surface area contributed by atoms with Gasteiger partial charge in [-0.15, -0.1) is 10.2 Å². The van der Waals surface area contributed by atoms with Crippen molar-refractivity contribution in [3.8, 4) is 39.3 Å². The number of hydrogen-bond donors (Lipinski definition) is 1. The van der Waals surface area contributed by atoms with Crippen LogP contribution in [0, 0.1) is 11.3 Å². The Bertz CT molecular complexity index is 1930. The Labute approximate surface area is 239 Å². The summed E-state index contributed by atoms with van der Waals surface area (Å²) in [5, 5.41) is 24.8. The number of nitrogens with zero attached hydrogens (tertiary/aromatic N) is 6. The molecule has 0 aliphatic heterocycles. The number of hydrogen-bond acceptors (Lipinski definition) is 8. The summed E-state index contributed by atoms with van der Waals surface area (Å²) in [5.74, 6) is 1.25. The molecular weight excluding hydrogens is 573 g/mol. The molecule has 3 aromatic heterocycles. The molecular formula is C27H15Cl2N7OS2. The minimum atomic E-state index is -0.524. The highest BCUT2D eigenvalue weighted by Crippen LogP contribution is 2.32. The van der Waals surface area contributed by atoms with E-state index in [1.165, 1.54) is 23.1 Å². The lowest BCUT2D eigenvalue weighted by atomic mass is 10.1. The number of halogens is 2. The van der Waals surface area contributed by atoms with Crippen LogP contribution in [0.15, 0.2) is 82.7 Å². The molecule has 0 fully saturated rings. The Balaban J connectivity index is 1.22. The first-order valence-electron chi connectivity index (χ1n) is 11.5. The van der Waals surface area contributed by atoms with Gasteiger partial charge < -0.3 is 4.98 Å². The van der Waals surface area contributed by atoms with Crippen LogP contribution in [0.2, 0.25) is 10.0 Å². The van der Waals surface area contributed by atoms with Crippen LogP contribution in [0.1, 0.15) is 11.1 Å². The van der Waals surface area contributed by atoms with E-state index >= 15 is 0 Å². The third-order valence-corrected chi connectivity index (χ3v) is 8.24. The van der Waals surface area contributed by atoms with Crippen molar-refractivity contribution in [2.24, 2.45) is 0 Å². The van der Waals surface area contributed by atoms with Crippen molar-refractivity contribution in [2.45, 2.75) is 10.9 Å². The molecule has 0 unspecified atom stereocenters. The number of fused-ring (bicyclic) bond motifs is 1. The fourth-order valence-corrected chi connectivity index (χ4v) is 6.06. The summed E-state index contributed by atoms with van der Waals surface area (Å²) in [6.45, 7) is 0. The Morgan fingerprint density at radius 2 is 1.79 bits per heavy atom. The maximum atomic E-state index is 12.6. The van der Waals surface area contributed by atoms with E-state index in [0.29, 0.717) is 32.3 Å². The molecule has 3 aromatic carbocycles. The first-order chi connectivity index (χ1) is 19.0. The average Bonchev–Trinajstić information content (AvgIpc) is 3.54. The van der Waals surface area contributed by atoms with Gasteiger partial charge in [-0.05, 0) is 23.8 Å². The van der Waals surface area contributed by atoms with Gasteiger partial charge in [0.2, 0.25) is 4.96 Å². The van der Waals surface area contributed by atoms with E-state index in [-0.39, 0.29) is 11.3 Å². The zero-order valence-corrected chi connectivity index (χ0v) is 22.9. The number of rotatable bonds is 6. The topological polar surface area (TPSA) is 113 Å². The highest BCUT2D eigenvalue weighted by molar-refractivity contribution is 7.98. The second-order valence-corrected chi connectivity index (χ2v) is 11.1. The van der Waals surface area contributed by atoms with Gasteiger partial charge in [0.05, 0.1) is 10.7 Å². The van der Waals surface area contributed by atoms with Gasteiger partial charge >= 0.3 is 0 Å². The van der Waals surface area contributed by atoms with Gasteiger partial charge in [0.15, 0.2) is 11.0 Å². The summed E-state index contributed by atoms with van der Waals surface area (Å²) < 4.78 is 1.76. The number of H-pyrrole nitrogens is 1. The molecule has 0 amide bonds. The number of nitrogens with one attached hydrogen (secondary N) is 1. The van der Waals surface area contributed by atoms with Crippen LogP contribution in [0.3, 0.4) is 0 Å². The maximum absolute atomic E-state index is 12.6. The first-order valence-corrected chi connectivity index (χ1v) is 14.1. The van der Waals surface area contributed by atoms with Gasteiger partial charge in [-0.25, -0.2) is 4.98 Å². The number of aromatic amines is 1. The van der Waals surface area contributed by atoms with Gasteiger partial charge in [-0.3, -0.25) is 4.79 Å². The molecule has 0 aliphatic carbocycles. The number of nitriles is 1. The summed E-state index contributed by atoms with van der Waals surface area (Å²) in [7, 11) is 0. The average molecular weight is 589 g/mol. The molecule has 0 spiro atoms. The van der Waals surface area contributed by atoms with Crippen molar-refractivity contribution >= 4 is 51.3 Å². The monoisotopic (exact) mass is 587 g/mol. The lowest BCUT2D eigenvalue weighted by Gasteiger charge is -2.08. The van der Waals surface area contributed by atoms with Gasteiger partial charge in [0, 0.05) is 27.5 Å². The summed E-state index contributed by atoms with van der Waals surface area (Å²) in [6.07, 6.45) is 0. The normalized spacial score (nSPS) is 11.1. The molecule has 190 valence electrons. The molecule has 3 heterocycles. The molecule has 39 heavy (non-hydrogen) atoms. The highest BCUT2D eigenvalue weighted by Gasteiger charge is 2.17. The van der Waals surface area contributed by atoms with E-state index in [4.69, 9.17) is 28.3 Å². The molecule has 0 aliphatic rings. The third-order valence-electron chi connectivity index (χ3n) is 5.80. The van der Waals surface area contributed by atoms with Crippen LogP contribution in [0.25, 0.3) is 38.2 Å². The highest BCUT2D eigenvalue weighted by atomic mass is 35.5. The lowest BCUT2D eigenvalue weighted by molar-refractivity contribution is 0.934. The number of thioether (sulfide) groups is 1. The van der Waals surface area contributed by atoms with E-state index in [0.717, 1.165) is 26.7 Å². The standard InChI is InChI=1S/C27H15Cl2N7OS2/c28-18-10-11-19(21(29)12-18)22-20(13-30)24(37)32-26(31-22)38-14-15-6-8-17(9-7-15)25-35-36-23(33-34-27(36)39-25)16-4-2-1-3-5-16/h1-12H,14H2,(H,31,32,37). The predicted octanol–water partition coefficient (Wildman–Crippen LogP) is 6.74. The van der Waals surface area contributed by atoms with Crippen LogP contribution >= 0.6 is 46.3 Å². The largest absolute Gasteiger partial charge is 0.300 e. The molecule has 0 atom stereocenters. The van der Waals surface area contributed by atoms with Crippen molar-refractivity contribution in [1.82, 2.24) is 29.8 Å². The molecule has 1 N–H and O–H groups in total. The number of aromatic nitrogens is 6. The van der Waals surface area contributed by atoms with Gasteiger partial charge in [0.25, 0.3) is 5.56 Å². The van der Waals surface area contributed by atoms with E-state index in [1.807, 2.05) is 60.7 Å². The maximum Gasteiger partial charge on any atom is 0.270 e. The molecule has 0 radical (unpaired) electrons. The van der Waals surface area contributed by atoms with E-state index in [1.54, 1.807) is 22.7 Å². The minimum absolute atomic E-state index is 0.103. The molecule has 8 nitrogen and oxygen atoms in total. The number of benzene rings is 3. The molecule has 0 saturated heterocycles. The quantitative estimate of drug-likeness (QED) is 0.169. The van der Waals surface area contributed by atoms with Crippen LogP contribution in [0.5, 0.6) is 0 Å². The molecule has 12 heteroatoms. The Morgan fingerprint density at radius 1 is 1.00 bits per heavy atom. The Morgan fingerprint density at radius 3 is 2.54 bits per heavy atom. The molecule has 6 aromatic rings. The fraction of sp³-hybridized carbons (Fsp3) is 0.0370. The van der Waals surface area contributed by atoms with Gasteiger partial charge in [0.1, 0.15) is 16.6 Å². The minimum Gasteiger partial charge on any atom is -0.300 e. The van der Waals surface area contributed by atoms with Crippen LogP contribution < -0.4 is 5.56 Å². The Kier molecular flexibility index (Phi) is 6.89. The summed E-state index contributed by atoms with van der Waals surface area (Å²) in [5.41, 5.74) is 3.00. The summed E-state index contributed by atoms with van der Waals surface area (Å²) in [6, 6.07) is 24.6. The summed E-state index contributed by atoms with van der Waals surface area (Å²) in [4.78, 5) is 20.5. The van der Waals surface area contributed by atoms with Crippen molar-refractivity contribution in [3.63, 3.8) is 0 Å². The van der Waals surface area contributed by atoms with Crippen molar-refractivity contribution < 1.29 is 0 Å².